The van der Waals surface area contributed by atoms with E-state index in [1.54, 1.807) is 24.0 Å². The first-order valence-corrected chi connectivity index (χ1v) is 9.60. The zero-order valence-corrected chi connectivity index (χ0v) is 17.2. The van der Waals surface area contributed by atoms with Gasteiger partial charge < -0.3 is 23.7 Å². The highest BCUT2D eigenvalue weighted by Gasteiger charge is 2.27. The van der Waals surface area contributed by atoms with Crippen LogP contribution in [0, 0.1) is 11.3 Å². The van der Waals surface area contributed by atoms with Gasteiger partial charge in [0.25, 0.3) is 0 Å². The molecule has 1 fully saturated rings. The smallest absolute Gasteiger partial charge is 0.410 e. The zero-order valence-electron chi connectivity index (χ0n) is 17.2. The maximum Gasteiger partial charge on any atom is 0.410 e. The molecule has 0 saturated carbocycles. The van der Waals surface area contributed by atoms with Crippen molar-refractivity contribution in [1.29, 1.82) is 5.26 Å². The van der Waals surface area contributed by atoms with Gasteiger partial charge in [-0.15, -0.1) is 0 Å². The van der Waals surface area contributed by atoms with E-state index in [1.807, 2.05) is 26.8 Å². The molecule has 2 aromatic rings. The number of ether oxygens (including phenoxy) is 2. The Morgan fingerprint density at radius 3 is 2.48 bits per heavy atom. The summed E-state index contributed by atoms with van der Waals surface area (Å²) in [5.74, 6) is -0.481. The molecule has 154 valence electrons. The molecular formula is C21H25N3O5. The second kappa shape index (κ2) is 8.03. The van der Waals surface area contributed by atoms with Gasteiger partial charge in [0.1, 0.15) is 17.3 Å². The lowest BCUT2D eigenvalue weighted by atomic mass is 10.1. The van der Waals surface area contributed by atoms with E-state index in [9.17, 15) is 14.9 Å². The molecule has 1 aliphatic heterocycles. The molecule has 0 N–H and O–H groups in total. The third-order valence-electron chi connectivity index (χ3n) is 4.54. The summed E-state index contributed by atoms with van der Waals surface area (Å²) in [7, 11) is 0. The molecule has 1 aromatic heterocycles. The minimum absolute atomic E-state index is 0.0743. The molecule has 1 aromatic carbocycles. The minimum Gasteiger partial charge on any atom is -0.460 e. The van der Waals surface area contributed by atoms with Crippen molar-refractivity contribution >= 4 is 28.7 Å². The molecule has 1 amide bonds. The number of nitriles is 1. The van der Waals surface area contributed by atoms with E-state index in [-0.39, 0.29) is 18.5 Å². The van der Waals surface area contributed by atoms with Gasteiger partial charge in [-0.25, -0.2) is 9.59 Å². The number of esters is 1. The summed E-state index contributed by atoms with van der Waals surface area (Å²) in [6.07, 6.45) is -0.331. The molecule has 8 heteroatoms. The van der Waals surface area contributed by atoms with Crippen molar-refractivity contribution in [3.8, 4) is 6.07 Å². The Morgan fingerprint density at radius 2 is 1.90 bits per heavy atom. The number of anilines is 1. The van der Waals surface area contributed by atoms with E-state index in [2.05, 4.69) is 11.0 Å². The molecule has 0 atom stereocenters. The average Bonchev–Trinajstić information content (AvgIpc) is 3.10. The van der Waals surface area contributed by atoms with Crippen LogP contribution >= 0.6 is 0 Å². The Bertz CT molecular complexity index is 959. The molecule has 8 nitrogen and oxygen atoms in total. The Balaban J connectivity index is 1.79. The summed E-state index contributed by atoms with van der Waals surface area (Å²) in [5.41, 5.74) is 1.11. The number of nitrogens with zero attached hydrogens (tertiary/aromatic N) is 3. The topological polar surface area (TPSA) is 96.0 Å². The summed E-state index contributed by atoms with van der Waals surface area (Å²) >= 11 is 0. The first-order valence-electron chi connectivity index (χ1n) is 9.60. The van der Waals surface area contributed by atoms with Crippen molar-refractivity contribution in [2.24, 2.45) is 0 Å². The third kappa shape index (κ3) is 4.45. The van der Waals surface area contributed by atoms with E-state index in [1.165, 1.54) is 0 Å². The van der Waals surface area contributed by atoms with Gasteiger partial charge in [-0.05, 0) is 39.8 Å². The van der Waals surface area contributed by atoms with Crippen LogP contribution in [0.1, 0.15) is 43.8 Å². The van der Waals surface area contributed by atoms with Gasteiger partial charge in [0.2, 0.25) is 5.76 Å². The number of hydrogen-bond acceptors (Lipinski definition) is 7. The quantitative estimate of drug-likeness (QED) is 0.728. The standard InChI is InChI=1S/C21H25N3O5/c1-5-27-19(25)18-12-14-15(13-22)16(6-7-17(14)28-18)23-8-10-24(11-9-23)20(26)29-21(2,3)4/h6-7,12H,5,8-11H2,1-4H3. The Hall–Kier alpha value is -3.21. The van der Waals surface area contributed by atoms with Gasteiger partial charge >= 0.3 is 12.1 Å². The van der Waals surface area contributed by atoms with Crippen molar-refractivity contribution in [3.05, 3.63) is 29.5 Å². The van der Waals surface area contributed by atoms with Crippen LogP contribution in [-0.4, -0.2) is 55.3 Å². The maximum atomic E-state index is 12.3. The van der Waals surface area contributed by atoms with Crippen LogP contribution in [0.5, 0.6) is 0 Å². The number of furan rings is 1. The molecular weight excluding hydrogens is 374 g/mol. The van der Waals surface area contributed by atoms with Crippen molar-refractivity contribution < 1.29 is 23.5 Å². The van der Waals surface area contributed by atoms with Crippen LogP contribution < -0.4 is 4.90 Å². The number of piperazine rings is 1. The van der Waals surface area contributed by atoms with E-state index in [0.717, 1.165) is 5.69 Å². The lowest BCUT2D eigenvalue weighted by Gasteiger charge is -2.37. The number of fused-ring (bicyclic) bond motifs is 1. The SMILES string of the molecule is CCOC(=O)c1cc2c(C#N)c(N3CCN(C(=O)OC(C)(C)C)CC3)ccc2o1. The fourth-order valence-electron chi connectivity index (χ4n) is 3.24. The van der Waals surface area contributed by atoms with E-state index in [0.29, 0.717) is 42.7 Å². The van der Waals surface area contributed by atoms with Crippen molar-refractivity contribution in [3.63, 3.8) is 0 Å². The zero-order chi connectivity index (χ0) is 21.2. The monoisotopic (exact) mass is 399 g/mol. The summed E-state index contributed by atoms with van der Waals surface area (Å²) in [5, 5.41) is 10.3. The molecule has 3 rings (SSSR count). The molecule has 29 heavy (non-hydrogen) atoms. The van der Waals surface area contributed by atoms with E-state index in [4.69, 9.17) is 13.9 Å². The minimum atomic E-state index is -0.555. The highest BCUT2D eigenvalue weighted by Crippen LogP contribution is 2.31. The normalized spacial score (nSPS) is 14.6. The van der Waals surface area contributed by atoms with Gasteiger partial charge in [-0.1, -0.05) is 0 Å². The number of amides is 1. The highest BCUT2D eigenvalue weighted by molar-refractivity contribution is 5.97. The summed E-state index contributed by atoms with van der Waals surface area (Å²) in [4.78, 5) is 27.9. The number of hydrogen-bond donors (Lipinski definition) is 0. The molecule has 0 bridgehead atoms. The molecule has 1 saturated heterocycles. The Morgan fingerprint density at radius 1 is 1.21 bits per heavy atom. The Labute approximate surface area is 169 Å². The van der Waals surface area contributed by atoms with Crippen LogP contribution in [0.15, 0.2) is 22.6 Å². The second-order valence-corrected chi connectivity index (χ2v) is 7.77. The summed E-state index contributed by atoms with van der Waals surface area (Å²) in [6, 6.07) is 7.33. The van der Waals surface area contributed by atoms with Crippen LogP contribution in [-0.2, 0) is 9.47 Å². The van der Waals surface area contributed by atoms with Gasteiger partial charge in [-0.2, -0.15) is 5.26 Å². The largest absolute Gasteiger partial charge is 0.460 e. The van der Waals surface area contributed by atoms with Crippen LogP contribution in [0.4, 0.5) is 10.5 Å². The predicted octanol–water partition coefficient (Wildman–Crippen LogP) is 3.54. The summed E-state index contributed by atoms with van der Waals surface area (Å²) in [6.45, 7) is 9.62. The number of carbonyl (C=O) groups excluding carboxylic acids is 2. The molecule has 0 radical (unpaired) electrons. The lowest BCUT2D eigenvalue weighted by molar-refractivity contribution is 0.0240. The fraction of sp³-hybridized carbons (Fsp3) is 0.476. The van der Waals surface area contributed by atoms with E-state index < -0.39 is 11.6 Å². The van der Waals surface area contributed by atoms with Gasteiger partial charge in [0, 0.05) is 37.6 Å². The first kappa shape index (κ1) is 20.5. The van der Waals surface area contributed by atoms with Crippen molar-refractivity contribution in [2.75, 3.05) is 37.7 Å². The first-order chi connectivity index (χ1) is 13.7. The van der Waals surface area contributed by atoms with Crippen molar-refractivity contribution in [2.45, 2.75) is 33.3 Å². The molecule has 0 spiro atoms. The average molecular weight is 399 g/mol. The lowest BCUT2D eigenvalue weighted by Crippen LogP contribution is -2.50. The van der Waals surface area contributed by atoms with Crippen molar-refractivity contribution in [1.82, 2.24) is 4.90 Å². The predicted molar refractivity (Wildman–Crippen MR) is 107 cm³/mol. The molecule has 0 unspecified atom stereocenters. The highest BCUT2D eigenvalue weighted by atomic mass is 16.6. The van der Waals surface area contributed by atoms with Crippen LogP contribution in [0.2, 0.25) is 0 Å². The maximum absolute atomic E-state index is 12.3. The number of rotatable bonds is 3. The van der Waals surface area contributed by atoms with Gasteiger partial charge in [0.15, 0.2) is 0 Å². The second-order valence-electron chi connectivity index (χ2n) is 7.77. The molecule has 1 aliphatic rings. The van der Waals surface area contributed by atoms with Crippen LogP contribution in [0.3, 0.4) is 0 Å². The molecule has 2 heterocycles. The number of benzene rings is 1. The third-order valence-corrected chi connectivity index (χ3v) is 4.54. The van der Waals surface area contributed by atoms with Crippen LogP contribution in [0.25, 0.3) is 11.0 Å². The Kier molecular flexibility index (Phi) is 5.69. The summed E-state index contributed by atoms with van der Waals surface area (Å²) < 4.78 is 15.9. The molecule has 0 aliphatic carbocycles. The van der Waals surface area contributed by atoms with E-state index >= 15 is 0 Å². The van der Waals surface area contributed by atoms with Gasteiger partial charge in [0.05, 0.1) is 17.9 Å². The van der Waals surface area contributed by atoms with Gasteiger partial charge in [-0.3, -0.25) is 0 Å². The number of carbonyl (C=O) groups is 2. The fourth-order valence-corrected chi connectivity index (χ4v) is 3.24.